The summed E-state index contributed by atoms with van der Waals surface area (Å²) in [6.07, 6.45) is 6.72. The minimum atomic E-state index is 0.459. The van der Waals surface area contributed by atoms with E-state index in [1.165, 1.54) is 32.1 Å². The second-order valence-electron chi connectivity index (χ2n) is 10.2. The van der Waals surface area contributed by atoms with Gasteiger partial charge in [-0.1, -0.05) is 52.8 Å². The molecule has 1 fully saturated rings. The molecule has 3 rings (SSSR count). The molecule has 0 amide bonds. The molecule has 1 heterocycles. The molecule has 3 heteroatoms. The zero-order valence-corrected chi connectivity index (χ0v) is 18.0. The summed E-state index contributed by atoms with van der Waals surface area (Å²) in [7, 11) is 0. The number of guanidine groups is 1. The van der Waals surface area contributed by atoms with Crippen LogP contribution in [0.25, 0.3) is 0 Å². The van der Waals surface area contributed by atoms with E-state index in [1.54, 1.807) is 0 Å². The zero-order valence-electron chi connectivity index (χ0n) is 18.0. The highest BCUT2D eigenvalue weighted by Crippen LogP contribution is 2.40. The van der Waals surface area contributed by atoms with Gasteiger partial charge < -0.3 is 10.2 Å². The van der Waals surface area contributed by atoms with Crippen molar-refractivity contribution >= 4 is 11.6 Å². The number of para-hydroxylation sites is 1. The van der Waals surface area contributed by atoms with Crippen LogP contribution in [0.2, 0.25) is 0 Å². The summed E-state index contributed by atoms with van der Waals surface area (Å²) in [5, 5.41) is 3.59. The third-order valence-electron chi connectivity index (χ3n) is 6.46. The van der Waals surface area contributed by atoms with Gasteiger partial charge in [0.15, 0.2) is 5.96 Å². The molecule has 0 bridgehead atoms. The number of hydrogen-bond acceptors (Lipinski definition) is 3. The van der Waals surface area contributed by atoms with Crippen LogP contribution in [0.1, 0.15) is 66.7 Å². The van der Waals surface area contributed by atoms with Crippen molar-refractivity contribution < 1.29 is 0 Å². The maximum Gasteiger partial charge on any atom is 0.198 e. The van der Waals surface area contributed by atoms with Crippen molar-refractivity contribution in [1.29, 1.82) is 0 Å². The van der Waals surface area contributed by atoms with Gasteiger partial charge in [0, 0.05) is 12.2 Å². The fourth-order valence-corrected chi connectivity index (χ4v) is 4.79. The largest absolute Gasteiger partial charge is 0.338 e. The van der Waals surface area contributed by atoms with E-state index in [2.05, 4.69) is 75.2 Å². The summed E-state index contributed by atoms with van der Waals surface area (Å²) in [5.74, 6) is 3.48. The van der Waals surface area contributed by atoms with E-state index >= 15 is 0 Å². The summed E-state index contributed by atoms with van der Waals surface area (Å²) in [5.41, 5.74) is 1.60. The van der Waals surface area contributed by atoms with Gasteiger partial charge in [-0.25, -0.2) is 0 Å². The third kappa shape index (κ3) is 5.49. The SMILES string of the molecule is CC(C)C[C@H]1CN=C(Nc2ccccc2)N1CC1CCC(C(C)(C)C)CC1. The van der Waals surface area contributed by atoms with Crippen LogP contribution in [0.3, 0.4) is 0 Å². The molecule has 3 nitrogen and oxygen atoms in total. The topological polar surface area (TPSA) is 27.6 Å². The average molecular weight is 370 g/mol. The van der Waals surface area contributed by atoms with E-state index in [0.29, 0.717) is 17.4 Å². The van der Waals surface area contributed by atoms with E-state index in [4.69, 9.17) is 4.99 Å². The lowest BCUT2D eigenvalue weighted by Crippen LogP contribution is -2.44. The van der Waals surface area contributed by atoms with Crippen LogP contribution in [0.15, 0.2) is 35.3 Å². The van der Waals surface area contributed by atoms with Gasteiger partial charge in [0.2, 0.25) is 0 Å². The maximum atomic E-state index is 4.90. The van der Waals surface area contributed by atoms with Crippen LogP contribution in [-0.2, 0) is 0 Å². The Morgan fingerprint density at radius 1 is 1.07 bits per heavy atom. The molecule has 2 aliphatic rings. The molecular weight excluding hydrogens is 330 g/mol. The van der Waals surface area contributed by atoms with Crippen molar-refractivity contribution in [3.63, 3.8) is 0 Å². The predicted molar refractivity (Wildman–Crippen MR) is 117 cm³/mol. The van der Waals surface area contributed by atoms with E-state index < -0.39 is 0 Å². The molecule has 27 heavy (non-hydrogen) atoms. The van der Waals surface area contributed by atoms with Gasteiger partial charge in [0.25, 0.3) is 0 Å². The molecule has 1 aromatic rings. The normalized spacial score (nSPS) is 26.4. The second-order valence-corrected chi connectivity index (χ2v) is 10.2. The fraction of sp³-hybridized carbons (Fsp3) is 0.708. The van der Waals surface area contributed by atoms with E-state index in [-0.39, 0.29) is 0 Å². The third-order valence-corrected chi connectivity index (χ3v) is 6.46. The Hall–Kier alpha value is -1.51. The first kappa shape index (κ1) is 20.2. The average Bonchev–Trinajstić information content (AvgIpc) is 2.96. The van der Waals surface area contributed by atoms with Crippen molar-refractivity contribution in [1.82, 2.24) is 4.90 Å². The maximum absolute atomic E-state index is 4.90. The molecular formula is C24H39N3. The Kier molecular flexibility index (Phi) is 6.49. The van der Waals surface area contributed by atoms with Crippen LogP contribution in [0.5, 0.6) is 0 Å². The Morgan fingerprint density at radius 2 is 1.74 bits per heavy atom. The van der Waals surface area contributed by atoms with E-state index in [9.17, 15) is 0 Å². The van der Waals surface area contributed by atoms with Crippen LogP contribution >= 0.6 is 0 Å². The Bertz CT molecular complexity index is 606. The lowest BCUT2D eigenvalue weighted by molar-refractivity contribution is 0.132. The molecule has 1 aliphatic carbocycles. The van der Waals surface area contributed by atoms with Crippen molar-refractivity contribution in [3.8, 4) is 0 Å². The Morgan fingerprint density at radius 3 is 2.33 bits per heavy atom. The molecule has 0 spiro atoms. The van der Waals surface area contributed by atoms with Crippen molar-refractivity contribution in [2.45, 2.75) is 72.8 Å². The first-order chi connectivity index (χ1) is 12.8. The number of nitrogens with zero attached hydrogens (tertiary/aromatic N) is 2. The number of rotatable bonds is 5. The molecule has 1 N–H and O–H groups in total. The smallest absolute Gasteiger partial charge is 0.198 e. The van der Waals surface area contributed by atoms with Gasteiger partial charge >= 0.3 is 0 Å². The van der Waals surface area contributed by atoms with E-state index in [0.717, 1.165) is 36.6 Å². The lowest BCUT2D eigenvalue weighted by atomic mass is 9.70. The van der Waals surface area contributed by atoms with Gasteiger partial charge in [-0.15, -0.1) is 0 Å². The van der Waals surface area contributed by atoms with Crippen LogP contribution in [0, 0.1) is 23.2 Å². The van der Waals surface area contributed by atoms with E-state index in [1.807, 2.05) is 0 Å². The van der Waals surface area contributed by atoms with Crippen LogP contribution in [0.4, 0.5) is 5.69 Å². The highest BCUT2D eigenvalue weighted by molar-refractivity contribution is 5.95. The van der Waals surface area contributed by atoms with Gasteiger partial charge in [-0.3, -0.25) is 4.99 Å². The molecule has 1 saturated carbocycles. The molecule has 0 saturated heterocycles. The number of aliphatic imine (C=N–C) groups is 1. The fourth-order valence-electron chi connectivity index (χ4n) is 4.79. The number of nitrogens with one attached hydrogen (secondary N) is 1. The number of hydrogen-bond donors (Lipinski definition) is 1. The predicted octanol–water partition coefficient (Wildman–Crippen LogP) is 6.04. The summed E-state index contributed by atoms with van der Waals surface area (Å²) < 4.78 is 0. The first-order valence-electron chi connectivity index (χ1n) is 11.0. The highest BCUT2D eigenvalue weighted by Gasteiger charge is 2.34. The summed E-state index contributed by atoms with van der Waals surface area (Å²) in [4.78, 5) is 7.49. The summed E-state index contributed by atoms with van der Waals surface area (Å²) >= 11 is 0. The Balaban J connectivity index is 1.64. The van der Waals surface area contributed by atoms with Gasteiger partial charge in [-0.05, 0) is 67.4 Å². The van der Waals surface area contributed by atoms with Crippen molar-refractivity contribution in [2.24, 2.45) is 28.2 Å². The molecule has 0 radical (unpaired) electrons. The highest BCUT2D eigenvalue weighted by atomic mass is 15.4. The molecule has 0 aromatic heterocycles. The molecule has 0 unspecified atom stereocenters. The molecule has 1 atom stereocenters. The number of benzene rings is 1. The minimum absolute atomic E-state index is 0.459. The molecule has 150 valence electrons. The standard InChI is InChI=1S/C24H39N3/c1-18(2)15-22-16-25-23(26-21-9-7-6-8-10-21)27(22)17-19-11-13-20(14-12-19)24(3,4)5/h6-10,18-20,22H,11-17H2,1-5H3,(H,25,26)/t19?,20?,22-/m0/s1. The number of anilines is 1. The van der Waals surface area contributed by atoms with Crippen molar-refractivity contribution in [3.05, 3.63) is 30.3 Å². The first-order valence-corrected chi connectivity index (χ1v) is 11.0. The summed E-state index contributed by atoms with van der Waals surface area (Å²) in [6, 6.07) is 11.0. The molecule has 1 aliphatic heterocycles. The lowest BCUT2D eigenvalue weighted by Gasteiger charge is -2.39. The van der Waals surface area contributed by atoms with Gasteiger partial charge in [0.1, 0.15) is 0 Å². The quantitative estimate of drug-likeness (QED) is 0.685. The van der Waals surface area contributed by atoms with Gasteiger partial charge in [-0.2, -0.15) is 0 Å². The zero-order chi connectivity index (χ0) is 19.4. The van der Waals surface area contributed by atoms with Gasteiger partial charge in [0.05, 0.1) is 12.6 Å². The summed E-state index contributed by atoms with van der Waals surface area (Å²) in [6.45, 7) is 14.0. The van der Waals surface area contributed by atoms with Crippen molar-refractivity contribution in [2.75, 3.05) is 18.4 Å². The minimum Gasteiger partial charge on any atom is -0.338 e. The Labute approximate surface area is 166 Å². The molecule has 1 aromatic carbocycles. The van der Waals surface area contributed by atoms with Crippen LogP contribution in [-0.4, -0.2) is 30.0 Å². The monoisotopic (exact) mass is 369 g/mol. The van der Waals surface area contributed by atoms with Crippen LogP contribution < -0.4 is 5.32 Å². The second kappa shape index (κ2) is 8.67.